The summed E-state index contributed by atoms with van der Waals surface area (Å²) >= 11 is 0. The van der Waals surface area contributed by atoms with Crippen LogP contribution >= 0.6 is 0 Å². The summed E-state index contributed by atoms with van der Waals surface area (Å²) in [5.74, 6) is 2.42. The van der Waals surface area contributed by atoms with Crippen LogP contribution in [0.3, 0.4) is 0 Å². The quantitative estimate of drug-likeness (QED) is 0.242. The fraction of sp³-hybridized carbons (Fsp3) is 0.520. The lowest BCUT2D eigenvalue weighted by Crippen LogP contribution is -2.20. The Balaban J connectivity index is 0.000000734. The normalized spacial score (nSPS) is 14.2. The van der Waals surface area contributed by atoms with Gasteiger partial charge in [0.05, 0.1) is 0 Å². The molecule has 1 atom stereocenters. The van der Waals surface area contributed by atoms with Crippen molar-refractivity contribution in [3.05, 3.63) is 143 Å². The third-order valence-electron chi connectivity index (χ3n) is 8.73. The van der Waals surface area contributed by atoms with Crippen LogP contribution in [0.4, 0.5) is 0 Å². The van der Waals surface area contributed by atoms with Crippen LogP contribution in [-0.4, -0.2) is 0 Å². The van der Waals surface area contributed by atoms with Gasteiger partial charge in [0.2, 0.25) is 0 Å². The molecule has 0 aromatic heterocycles. The van der Waals surface area contributed by atoms with E-state index in [0.29, 0.717) is 0 Å². The highest BCUT2D eigenvalue weighted by Crippen LogP contribution is 2.34. The van der Waals surface area contributed by atoms with E-state index in [1.807, 2.05) is 6.92 Å². The van der Waals surface area contributed by atoms with E-state index in [1.54, 1.807) is 6.08 Å². The van der Waals surface area contributed by atoms with Gasteiger partial charge in [0.15, 0.2) is 0 Å². The average molecular weight is 679 g/mol. The number of rotatable bonds is 3. The lowest BCUT2D eigenvalue weighted by atomic mass is 9.75. The molecule has 0 aliphatic heterocycles. The summed E-state index contributed by atoms with van der Waals surface area (Å²) in [6.45, 7) is 43.3. The standard InChI is InChI=1S/C23H32.C11H16.C9H14.C4H10.C3H6/c1-21(2,3)17-9-13-19(14-10-17)23(7,8)20-15-11-18(12-16-20)22(4,5)6;1-9-5-7-10(8-6-9)11(2,3)4;1-8(2)9-6-4-3-5-7-9;1-4(2)3;1-3-2/h9-16H,1-8H3;5-8H,1-4H3;3-6,8-9H,7H2,1-2H3;4H,1-3H3;3H,1H2,2H3. The number of hydrogen-bond acceptors (Lipinski definition) is 0. The van der Waals surface area contributed by atoms with E-state index in [0.717, 1.165) is 17.8 Å². The summed E-state index contributed by atoms with van der Waals surface area (Å²) < 4.78 is 0. The van der Waals surface area contributed by atoms with E-state index in [2.05, 4.69) is 221 Å². The van der Waals surface area contributed by atoms with Crippen molar-refractivity contribution in [2.24, 2.45) is 17.8 Å². The highest BCUT2D eigenvalue weighted by molar-refractivity contribution is 5.41. The van der Waals surface area contributed by atoms with Gasteiger partial charge in [-0.2, -0.15) is 0 Å². The van der Waals surface area contributed by atoms with Gasteiger partial charge in [-0.25, -0.2) is 0 Å². The Kier molecular flexibility index (Phi) is 20.0. The zero-order chi connectivity index (χ0) is 38.9. The predicted octanol–water partition coefficient (Wildman–Crippen LogP) is 15.5. The number of benzene rings is 3. The van der Waals surface area contributed by atoms with Crippen molar-refractivity contribution in [2.75, 3.05) is 0 Å². The van der Waals surface area contributed by atoms with Crippen LogP contribution in [0.25, 0.3) is 0 Å². The molecule has 0 N–H and O–H groups in total. The molecule has 0 bridgehead atoms. The molecule has 0 heteroatoms. The molecule has 50 heavy (non-hydrogen) atoms. The maximum atomic E-state index is 3.36. The first-order valence-corrected chi connectivity index (χ1v) is 19.1. The van der Waals surface area contributed by atoms with Crippen molar-refractivity contribution >= 4 is 0 Å². The topological polar surface area (TPSA) is 0 Å². The zero-order valence-corrected chi connectivity index (χ0v) is 36.0. The highest BCUT2D eigenvalue weighted by Gasteiger charge is 2.25. The van der Waals surface area contributed by atoms with Gasteiger partial charge in [-0.15, -0.1) is 6.58 Å². The molecule has 0 fully saturated rings. The van der Waals surface area contributed by atoms with Gasteiger partial charge < -0.3 is 0 Å². The molecule has 0 heterocycles. The second-order valence-electron chi connectivity index (χ2n) is 18.5. The Hall–Kier alpha value is -3.12. The Labute approximate surface area is 312 Å². The Bertz CT molecular complexity index is 1320. The van der Waals surface area contributed by atoms with Gasteiger partial charge in [-0.1, -0.05) is 220 Å². The van der Waals surface area contributed by atoms with Crippen molar-refractivity contribution in [3.8, 4) is 0 Å². The SMILES string of the molecule is C=CC.CC(C)(C)c1ccc(C(C)(C)c2ccc(C(C)(C)C)cc2)cc1.CC(C)C.CC(C)C1C=CC=CC1.Cc1ccc(C(C)(C)C)cc1. The van der Waals surface area contributed by atoms with Crippen LogP contribution in [-0.2, 0) is 21.7 Å². The molecular weight excluding hydrogens is 601 g/mol. The summed E-state index contributed by atoms with van der Waals surface area (Å²) in [5.41, 5.74) is 8.97. The molecule has 4 rings (SSSR count). The molecule has 0 amide bonds. The molecule has 1 unspecified atom stereocenters. The smallest absolute Gasteiger partial charge is 0.0146 e. The minimum absolute atomic E-state index is 0.0207. The van der Waals surface area contributed by atoms with Crippen LogP contribution in [0.1, 0.15) is 158 Å². The molecule has 278 valence electrons. The minimum Gasteiger partial charge on any atom is -0.103 e. The lowest BCUT2D eigenvalue weighted by Gasteiger charge is -2.28. The highest BCUT2D eigenvalue weighted by atomic mass is 14.3. The van der Waals surface area contributed by atoms with Crippen molar-refractivity contribution in [1.82, 2.24) is 0 Å². The fourth-order valence-corrected chi connectivity index (χ4v) is 5.09. The van der Waals surface area contributed by atoms with E-state index >= 15 is 0 Å². The molecule has 0 nitrogen and oxygen atoms in total. The van der Waals surface area contributed by atoms with Crippen molar-refractivity contribution in [3.63, 3.8) is 0 Å². The van der Waals surface area contributed by atoms with E-state index in [-0.39, 0.29) is 21.7 Å². The van der Waals surface area contributed by atoms with Crippen LogP contribution in [0, 0.1) is 24.7 Å². The molecule has 0 saturated heterocycles. The van der Waals surface area contributed by atoms with E-state index in [4.69, 9.17) is 0 Å². The van der Waals surface area contributed by atoms with Gasteiger partial charge in [0, 0.05) is 5.41 Å². The van der Waals surface area contributed by atoms with Crippen LogP contribution in [0.15, 0.2) is 110 Å². The van der Waals surface area contributed by atoms with Crippen LogP contribution < -0.4 is 0 Å². The third-order valence-corrected chi connectivity index (χ3v) is 8.73. The second-order valence-corrected chi connectivity index (χ2v) is 18.5. The van der Waals surface area contributed by atoms with Crippen molar-refractivity contribution in [2.45, 2.75) is 153 Å². The first-order valence-electron chi connectivity index (χ1n) is 19.1. The average Bonchev–Trinajstić information content (AvgIpc) is 3.01. The summed E-state index contributed by atoms with van der Waals surface area (Å²) in [4.78, 5) is 0. The molecule has 0 radical (unpaired) electrons. The largest absolute Gasteiger partial charge is 0.103 e. The number of aryl methyl sites for hydroxylation is 1. The maximum Gasteiger partial charge on any atom is 0.0146 e. The lowest BCUT2D eigenvalue weighted by molar-refractivity contribution is 0.467. The third kappa shape index (κ3) is 18.2. The Morgan fingerprint density at radius 2 is 0.820 bits per heavy atom. The van der Waals surface area contributed by atoms with E-state index in [1.165, 1.54) is 39.8 Å². The molecule has 1 aliphatic carbocycles. The monoisotopic (exact) mass is 679 g/mol. The molecule has 3 aromatic carbocycles. The molecule has 0 spiro atoms. The molecule has 3 aromatic rings. The summed E-state index contributed by atoms with van der Waals surface area (Å²) in [6.07, 6.45) is 11.8. The van der Waals surface area contributed by atoms with Gasteiger partial charge >= 0.3 is 0 Å². The zero-order valence-electron chi connectivity index (χ0n) is 36.0. The maximum absolute atomic E-state index is 3.36. The van der Waals surface area contributed by atoms with Gasteiger partial charge in [0.25, 0.3) is 0 Å². The number of allylic oxidation sites excluding steroid dienone is 5. The molecular formula is C50H78. The summed E-state index contributed by atoms with van der Waals surface area (Å²) in [7, 11) is 0. The van der Waals surface area contributed by atoms with Crippen LogP contribution in [0.2, 0.25) is 0 Å². The first-order chi connectivity index (χ1) is 22.9. The van der Waals surface area contributed by atoms with Gasteiger partial charge in [0.1, 0.15) is 0 Å². The first kappa shape index (κ1) is 46.9. The number of hydrogen-bond donors (Lipinski definition) is 0. The van der Waals surface area contributed by atoms with Gasteiger partial charge in [-0.3, -0.25) is 0 Å². The Morgan fingerprint density at radius 1 is 0.540 bits per heavy atom. The van der Waals surface area contributed by atoms with Crippen molar-refractivity contribution < 1.29 is 0 Å². The summed E-state index contributed by atoms with van der Waals surface area (Å²) in [5, 5.41) is 0. The van der Waals surface area contributed by atoms with Crippen molar-refractivity contribution in [1.29, 1.82) is 0 Å². The van der Waals surface area contributed by atoms with Gasteiger partial charge in [-0.05, 0) is 82.1 Å². The molecule has 0 saturated carbocycles. The second kappa shape index (κ2) is 21.3. The molecule has 1 aliphatic rings. The summed E-state index contributed by atoms with van der Waals surface area (Å²) in [6, 6.07) is 27.0. The van der Waals surface area contributed by atoms with E-state index in [9.17, 15) is 0 Å². The predicted molar refractivity (Wildman–Crippen MR) is 230 cm³/mol. The minimum atomic E-state index is 0.0207. The van der Waals surface area contributed by atoms with E-state index < -0.39 is 0 Å². The van der Waals surface area contributed by atoms with Crippen LogP contribution in [0.5, 0.6) is 0 Å². The Morgan fingerprint density at radius 3 is 1.04 bits per heavy atom. The fourth-order valence-electron chi connectivity index (χ4n) is 5.09.